The van der Waals surface area contributed by atoms with Crippen LogP contribution in [0.5, 0.6) is 0 Å². The molecule has 2 N–H and O–H groups in total. The van der Waals surface area contributed by atoms with Gasteiger partial charge in [0.2, 0.25) is 5.79 Å². The smallest absolute Gasteiger partial charge is 0.342 e. The summed E-state index contributed by atoms with van der Waals surface area (Å²) in [4.78, 5) is 55.3. The number of rotatable bonds is 0. The third kappa shape index (κ3) is 2.00. The van der Waals surface area contributed by atoms with E-state index in [4.69, 9.17) is 18.9 Å². The molecule has 202 valence electrons. The van der Waals surface area contributed by atoms with E-state index in [0.717, 1.165) is 5.57 Å². The van der Waals surface area contributed by atoms with Crippen molar-refractivity contribution in [2.45, 2.75) is 81.3 Å². The van der Waals surface area contributed by atoms with Crippen molar-refractivity contribution < 1.29 is 48.3 Å². The first-order valence-electron chi connectivity index (χ1n) is 13.5. The number of hydrogen-bond donors (Lipinski definition) is 2. The monoisotopic (exact) mass is 526 g/mol. The number of fused-ring (bicyclic) bond motifs is 5. The minimum Gasteiger partial charge on any atom is -0.458 e. The van der Waals surface area contributed by atoms with Crippen LogP contribution in [0.15, 0.2) is 23.8 Å². The van der Waals surface area contributed by atoms with Crippen molar-refractivity contribution in [2.24, 2.45) is 34.5 Å². The summed E-state index contributed by atoms with van der Waals surface area (Å²) in [5, 5.41) is 24.0. The fraction of sp³-hybridized carbons (Fsp3) is 0.714. The van der Waals surface area contributed by atoms with Gasteiger partial charge in [-0.15, -0.1) is 0 Å². The standard InChI is InChI=1S/C28H30O10/c1-23-10-17-25(3)28-19(23)20(31)27(38-28,35-11-14(23)21(32)36-17)18-13(7-8-26(28,34)22(33)37-25)24(2)12(9-15(18)29)5-4-6-16(24)30/h4,6,9,13-15,17-19,29,34H,5,7-8,10-11H2,1-3H3/t13-,14-,15-,17+,18-,19-,23+,24-,25-,26+,27+,28-/m0/s1. The zero-order valence-corrected chi connectivity index (χ0v) is 21.4. The lowest BCUT2D eigenvalue weighted by Gasteiger charge is -2.63. The van der Waals surface area contributed by atoms with Crippen molar-refractivity contribution in [3.63, 3.8) is 0 Å². The summed E-state index contributed by atoms with van der Waals surface area (Å²) >= 11 is 0. The van der Waals surface area contributed by atoms with Crippen LogP contribution in [0.2, 0.25) is 0 Å². The van der Waals surface area contributed by atoms with Gasteiger partial charge in [0.1, 0.15) is 6.10 Å². The van der Waals surface area contributed by atoms with Crippen molar-refractivity contribution >= 4 is 23.5 Å². The molecule has 5 heterocycles. The second-order valence-electron chi connectivity index (χ2n) is 13.2. The Labute approximate surface area is 218 Å². The zero-order valence-electron chi connectivity index (χ0n) is 21.4. The van der Waals surface area contributed by atoms with E-state index in [1.165, 1.54) is 6.08 Å². The summed E-state index contributed by atoms with van der Waals surface area (Å²) < 4.78 is 24.9. The van der Waals surface area contributed by atoms with E-state index in [0.29, 0.717) is 6.42 Å². The van der Waals surface area contributed by atoms with Crippen LogP contribution in [0.1, 0.15) is 46.5 Å². The molecular weight excluding hydrogens is 496 g/mol. The zero-order chi connectivity index (χ0) is 26.8. The molecule has 5 saturated heterocycles. The Balaban J connectivity index is 1.45. The maximum absolute atomic E-state index is 14.9. The van der Waals surface area contributed by atoms with Gasteiger partial charge in [-0.25, -0.2) is 4.79 Å². The average molecular weight is 527 g/mol. The Morgan fingerprint density at radius 3 is 2.63 bits per heavy atom. The van der Waals surface area contributed by atoms with Crippen LogP contribution in [0, 0.1) is 34.5 Å². The lowest BCUT2D eigenvalue weighted by Crippen LogP contribution is -2.79. The highest BCUT2D eigenvalue weighted by molar-refractivity contribution is 6.01. The molecule has 5 bridgehead atoms. The summed E-state index contributed by atoms with van der Waals surface area (Å²) in [6.45, 7) is 4.95. The molecule has 6 fully saturated rings. The Hall–Kier alpha value is -2.40. The topological polar surface area (TPSA) is 146 Å². The number of ketones is 2. The molecule has 10 heteroatoms. The fourth-order valence-corrected chi connectivity index (χ4v) is 10.0. The van der Waals surface area contributed by atoms with Gasteiger partial charge in [-0.05, 0) is 56.9 Å². The highest BCUT2D eigenvalue weighted by Gasteiger charge is 2.93. The molecule has 0 aromatic heterocycles. The molecule has 3 aliphatic carbocycles. The van der Waals surface area contributed by atoms with Gasteiger partial charge in [0, 0.05) is 0 Å². The third-order valence-corrected chi connectivity index (χ3v) is 12.0. The first-order valence-corrected chi connectivity index (χ1v) is 13.5. The van der Waals surface area contributed by atoms with Crippen molar-refractivity contribution in [1.29, 1.82) is 0 Å². The van der Waals surface area contributed by atoms with Gasteiger partial charge < -0.3 is 29.2 Å². The van der Waals surface area contributed by atoms with Gasteiger partial charge >= 0.3 is 11.9 Å². The van der Waals surface area contributed by atoms with Crippen LogP contribution >= 0.6 is 0 Å². The maximum atomic E-state index is 14.9. The Morgan fingerprint density at radius 2 is 1.87 bits per heavy atom. The van der Waals surface area contributed by atoms with Crippen LogP contribution in [0.4, 0.5) is 0 Å². The van der Waals surface area contributed by atoms with Crippen LogP contribution in [-0.4, -0.2) is 75.1 Å². The van der Waals surface area contributed by atoms with E-state index >= 15 is 0 Å². The predicted molar refractivity (Wildman–Crippen MR) is 124 cm³/mol. The van der Waals surface area contributed by atoms with Crippen LogP contribution in [0.25, 0.3) is 0 Å². The average Bonchev–Trinajstić information content (AvgIpc) is 3.17. The molecule has 8 aliphatic rings. The number of aliphatic hydroxyl groups excluding tert-OH is 1. The third-order valence-electron chi connectivity index (χ3n) is 12.0. The highest BCUT2D eigenvalue weighted by atomic mass is 16.8. The normalized spacial score (nSPS) is 59.2. The number of ether oxygens (including phenoxy) is 4. The number of allylic oxidation sites excluding steroid dienone is 3. The molecule has 0 aromatic carbocycles. The van der Waals surface area contributed by atoms with E-state index in [-0.39, 0.29) is 31.7 Å². The van der Waals surface area contributed by atoms with Gasteiger partial charge in [0.15, 0.2) is 28.4 Å². The SMILES string of the molecule is C[C@]12C(=O)C=CCC1=C[C@H](O)[C@@H]1[C@@H]2CC[C@@]2(O)C(=O)O[C@@]3(C)[C@H]4C[C@]5(C)[C@@H](CO[C@@]16O[C@]23[C@H]5C6=O)C(=O)O4. The molecule has 38 heavy (non-hydrogen) atoms. The van der Waals surface area contributed by atoms with Crippen molar-refractivity contribution in [3.8, 4) is 0 Å². The van der Waals surface area contributed by atoms with Crippen LogP contribution in [0.3, 0.4) is 0 Å². The van der Waals surface area contributed by atoms with Crippen LogP contribution < -0.4 is 0 Å². The number of aliphatic hydroxyl groups is 2. The summed E-state index contributed by atoms with van der Waals surface area (Å²) in [5.41, 5.74) is -7.27. The van der Waals surface area contributed by atoms with E-state index in [2.05, 4.69) is 0 Å². The number of carbonyl (C=O) groups excluding carboxylic acids is 4. The lowest BCUT2D eigenvalue weighted by molar-refractivity contribution is -0.378. The van der Waals surface area contributed by atoms with Gasteiger partial charge in [-0.2, -0.15) is 0 Å². The number of carbonyl (C=O) groups is 4. The Bertz CT molecular complexity index is 1330. The second kappa shape index (κ2) is 6.32. The number of Topliss-reactive ketones (excluding diaryl/α,β-unsaturated/α-hetero) is 1. The van der Waals surface area contributed by atoms with Gasteiger partial charge in [-0.1, -0.05) is 24.6 Å². The molecule has 1 saturated carbocycles. The lowest BCUT2D eigenvalue weighted by atomic mass is 9.46. The van der Waals surface area contributed by atoms with Crippen LogP contribution in [-0.2, 0) is 38.1 Å². The molecular formula is C28H30O10. The molecule has 12 atom stereocenters. The minimum atomic E-state index is -2.26. The maximum Gasteiger partial charge on any atom is 0.342 e. The first-order chi connectivity index (χ1) is 17.8. The number of hydrogen-bond acceptors (Lipinski definition) is 10. The molecule has 5 aliphatic heterocycles. The molecule has 0 aromatic rings. The highest BCUT2D eigenvalue weighted by Crippen LogP contribution is 2.75. The molecule has 0 amide bonds. The van der Waals surface area contributed by atoms with E-state index in [1.807, 2.05) is 0 Å². The van der Waals surface area contributed by atoms with Gasteiger partial charge in [0.05, 0.1) is 35.9 Å². The molecule has 0 unspecified atom stereocenters. The first kappa shape index (κ1) is 23.5. The van der Waals surface area contributed by atoms with Gasteiger partial charge in [0.25, 0.3) is 0 Å². The summed E-state index contributed by atoms with van der Waals surface area (Å²) in [6.07, 6.45) is 3.41. The Kier molecular flexibility index (Phi) is 3.91. The van der Waals surface area contributed by atoms with Crippen molar-refractivity contribution in [2.75, 3.05) is 6.61 Å². The fourth-order valence-electron chi connectivity index (χ4n) is 10.0. The minimum absolute atomic E-state index is 0.137. The van der Waals surface area contributed by atoms with E-state index in [9.17, 15) is 29.4 Å². The summed E-state index contributed by atoms with van der Waals surface area (Å²) in [5.74, 6) is -8.00. The molecule has 0 radical (unpaired) electrons. The van der Waals surface area contributed by atoms with Crippen molar-refractivity contribution in [1.82, 2.24) is 0 Å². The second-order valence-corrected chi connectivity index (χ2v) is 13.2. The van der Waals surface area contributed by atoms with Crippen molar-refractivity contribution in [3.05, 3.63) is 23.8 Å². The molecule has 10 nitrogen and oxygen atoms in total. The van der Waals surface area contributed by atoms with E-state index < -0.39 is 87.0 Å². The Morgan fingerprint density at radius 1 is 1.11 bits per heavy atom. The predicted octanol–water partition coefficient (Wildman–Crippen LogP) is 0.528. The molecule has 8 rings (SSSR count). The molecule has 2 spiro atoms. The number of esters is 2. The van der Waals surface area contributed by atoms with E-state index in [1.54, 1.807) is 32.9 Å². The summed E-state index contributed by atoms with van der Waals surface area (Å²) in [7, 11) is 0. The largest absolute Gasteiger partial charge is 0.458 e. The summed E-state index contributed by atoms with van der Waals surface area (Å²) in [6, 6.07) is 0. The van der Waals surface area contributed by atoms with Gasteiger partial charge in [-0.3, -0.25) is 14.4 Å². The quantitative estimate of drug-likeness (QED) is 0.339.